The van der Waals surface area contributed by atoms with Gasteiger partial charge in [0.25, 0.3) is 0 Å². The molecule has 0 saturated carbocycles. The summed E-state index contributed by atoms with van der Waals surface area (Å²) in [5.41, 5.74) is 0.968. The molecule has 18 heavy (non-hydrogen) atoms. The van der Waals surface area contributed by atoms with Gasteiger partial charge in [-0.3, -0.25) is 0 Å². The van der Waals surface area contributed by atoms with Crippen LogP contribution in [0, 0.1) is 5.82 Å². The molecule has 1 atom stereocenters. The van der Waals surface area contributed by atoms with Crippen LogP contribution in [0.5, 0.6) is 0 Å². The van der Waals surface area contributed by atoms with E-state index in [2.05, 4.69) is 21.2 Å². The van der Waals surface area contributed by atoms with E-state index in [1.807, 2.05) is 19.2 Å². The molecule has 0 aliphatic rings. The summed E-state index contributed by atoms with van der Waals surface area (Å²) in [5.74, 6) is -0.201. The smallest absolute Gasteiger partial charge is 0.123 e. The maximum absolute atomic E-state index is 13.1. The van der Waals surface area contributed by atoms with Gasteiger partial charge in [-0.25, -0.2) is 4.39 Å². The third-order valence-electron chi connectivity index (χ3n) is 2.68. The largest absolute Gasteiger partial charge is 0.312 e. The summed E-state index contributed by atoms with van der Waals surface area (Å²) in [6, 6.07) is 8.76. The van der Waals surface area contributed by atoms with Gasteiger partial charge >= 0.3 is 0 Å². The SMILES string of the molecule is CNC(Cc1cccc(F)c1)c1cc(Cl)c(Br)s1. The van der Waals surface area contributed by atoms with Gasteiger partial charge in [0.15, 0.2) is 0 Å². The molecule has 2 rings (SSSR count). The highest BCUT2D eigenvalue weighted by molar-refractivity contribution is 9.11. The van der Waals surface area contributed by atoms with E-state index in [4.69, 9.17) is 11.6 Å². The lowest BCUT2D eigenvalue weighted by atomic mass is 10.0. The number of halogens is 3. The summed E-state index contributed by atoms with van der Waals surface area (Å²) < 4.78 is 14.1. The van der Waals surface area contributed by atoms with Crippen LogP contribution in [0.1, 0.15) is 16.5 Å². The van der Waals surface area contributed by atoms with E-state index in [1.165, 1.54) is 6.07 Å². The summed E-state index contributed by atoms with van der Waals surface area (Å²) in [5, 5.41) is 3.95. The van der Waals surface area contributed by atoms with Crippen molar-refractivity contribution in [3.05, 3.63) is 55.4 Å². The number of benzene rings is 1. The van der Waals surface area contributed by atoms with Gasteiger partial charge in [0.1, 0.15) is 5.82 Å². The Hall–Kier alpha value is -0.420. The number of nitrogens with one attached hydrogen (secondary N) is 1. The highest BCUT2D eigenvalue weighted by Gasteiger charge is 2.15. The molecule has 96 valence electrons. The quantitative estimate of drug-likeness (QED) is 0.836. The summed E-state index contributed by atoms with van der Waals surface area (Å²) >= 11 is 11.0. The van der Waals surface area contributed by atoms with Crippen molar-refractivity contribution in [3.63, 3.8) is 0 Å². The summed E-state index contributed by atoms with van der Waals surface area (Å²) in [6.45, 7) is 0. The van der Waals surface area contributed by atoms with Crippen molar-refractivity contribution in [2.45, 2.75) is 12.5 Å². The zero-order chi connectivity index (χ0) is 13.1. The topological polar surface area (TPSA) is 12.0 Å². The fourth-order valence-corrected chi connectivity index (χ4v) is 3.64. The summed E-state index contributed by atoms with van der Waals surface area (Å²) in [7, 11) is 1.89. The van der Waals surface area contributed by atoms with Crippen LogP contribution in [0.3, 0.4) is 0 Å². The molecule has 1 aromatic heterocycles. The number of hydrogen-bond donors (Lipinski definition) is 1. The Morgan fingerprint density at radius 2 is 2.22 bits per heavy atom. The first-order valence-electron chi connectivity index (χ1n) is 5.46. The molecule has 2 aromatic rings. The molecule has 0 aliphatic heterocycles. The zero-order valence-electron chi connectivity index (χ0n) is 9.71. The minimum atomic E-state index is -0.201. The molecule has 5 heteroatoms. The number of hydrogen-bond acceptors (Lipinski definition) is 2. The second kappa shape index (κ2) is 6.15. The Morgan fingerprint density at radius 3 is 2.78 bits per heavy atom. The molecule has 1 unspecified atom stereocenters. The van der Waals surface area contributed by atoms with Crippen LogP contribution < -0.4 is 5.32 Å². The van der Waals surface area contributed by atoms with Gasteiger partial charge in [0.2, 0.25) is 0 Å². The van der Waals surface area contributed by atoms with Gasteiger partial charge in [-0.05, 0) is 53.2 Å². The predicted octanol–water partition coefficient (Wildman–Crippen LogP) is 4.81. The number of thiophene rings is 1. The van der Waals surface area contributed by atoms with Crippen molar-refractivity contribution in [3.8, 4) is 0 Å². The van der Waals surface area contributed by atoms with Gasteiger partial charge in [0.05, 0.1) is 8.81 Å². The van der Waals surface area contributed by atoms with Crippen LogP contribution in [0.4, 0.5) is 4.39 Å². The second-order valence-electron chi connectivity index (χ2n) is 3.95. The molecule has 1 N–H and O–H groups in total. The normalized spacial score (nSPS) is 12.7. The minimum absolute atomic E-state index is 0.139. The van der Waals surface area contributed by atoms with Crippen LogP contribution in [0.15, 0.2) is 34.1 Å². The molecule has 0 fully saturated rings. The third-order valence-corrected chi connectivity index (χ3v) is 5.27. The maximum Gasteiger partial charge on any atom is 0.123 e. The molecule has 0 aliphatic carbocycles. The van der Waals surface area contributed by atoms with E-state index >= 15 is 0 Å². The van der Waals surface area contributed by atoms with Crippen molar-refractivity contribution in [1.29, 1.82) is 0 Å². The lowest BCUT2D eigenvalue weighted by molar-refractivity contribution is 0.592. The third kappa shape index (κ3) is 3.32. The van der Waals surface area contributed by atoms with E-state index in [0.717, 1.165) is 25.7 Å². The van der Waals surface area contributed by atoms with Crippen molar-refractivity contribution >= 4 is 38.9 Å². The van der Waals surface area contributed by atoms with E-state index in [0.29, 0.717) is 0 Å². The lowest BCUT2D eigenvalue weighted by Crippen LogP contribution is -2.17. The van der Waals surface area contributed by atoms with Crippen LogP contribution >= 0.6 is 38.9 Å². The van der Waals surface area contributed by atoms with Crippen LogP contribution in [-0.2, 0) is 6.42 Å². The molecular weight excluding hydrogens is 337 g/mol. The standard InChI is InChI=1S/C13H12BrClFNS/c1-17-11(12-7-10(15)13(14)18-12)6-8-3-2-4-9(16)5-8/h2-5,7,11,17H,6H2,1H3. The molecule has 0 saturated heterocycles. The summed E-state index contributed by atoms with van der Waals surface area (Å²) in [4.78, 5) is 1.14. The molecular formula is C13H12BrClFNS. The average Bonchev–Trinajstić information content (AvgIpc) is 2.66. The fourth-order valence-electron chi connectivity index (χ4n) is 1.78. The van der Waals surface area contributed by atoms with Crippen molar-refractivity contribution in [2.75, 3.05) is 7.05 Å². The Labute approximate surface area is 123 Å². The maximum atomic E-state index is 13.1. The van der Waals surface area contributed by atoms with Crippen LogP contribution in [0.2, 0.25) is 5.02 Å². The Balaban J connectivity index is 2.19. The van der Waals surface area contributed by atoms with Gasteiger partial charge in [-0.1, -0.05) is 23.7 Å². The minimum Gasteiger partial charge on any atom is -0.312 e. The molecule has 1 heterocycles. The van der Waals surface area contributed by atoms with Gasteiger partial charge in [-0.2, -0.15) is 0 Å². The number of likely N-dealkylation sites (N-methyl/N-ethyl adjacent to an activating group) is 1. The van der Waals surface area contributed by atoms with Crippen LogP contribution in [0.25, 0.3) is 0 Å². The highest BCUT2D eigenvalue weighted by Crippen LogP contribution is 2.36. The first-order chi connectivity index (χ1) is 8.60. The second-order valence-corrected chi connectivity index (χ2v) is 6.75. The first-order valence-corrected chi connectivity index (χ1v) is 7.45. The first kappa shape index (κ1) is 14.0. The van der Waals surface area contributed by atoms with Crippen molar-refractivity contribution in [2.24, 2.45) is 0 Å². The zero-order valence-corrected chi connectivity index (χ0v) is 12.9. The molecule has 0 spiro atoms. The molecule has 1 aromatic carbocycles. The Kier molecular flexibility index (Phi) is 4.78. The van der Waals surface area contributed by atoms with Crippen molar-refractivity contribution in [1.82, 2.24) is 5.32 Å². The van der Waals surface area contributed by atoms with E-state index < -0.39 is 0 Å². The molecule has 0 radical (unpaired) electrons. The monoisotopic (exact) mass is 347 g/mol. The molecule has 0 bridgehead atoms. The van der Waals surface area contributed by atoms with E-state index in [9.17, 15) is 4.39 Å². The van der Waals surface area contributed by atoms with Crippen molar-refractivity contribution < 1.29 is 4.39 Å². The molecule has 0 amide bonds. The Bertz CT molecular complexity index is 524. The Morgan fingerprint density at radius 1 is 1.44 bits per heavy atom. The van der Waals surface area contributed by atoms with E-state index in [1.54, 1.807) is 23.5 Å². The predicted molar refractivity (Wildman–Crippen MR) is 78.9 cm³/mol. The summed E-state index contributed by atoms with van der Waals surface area (Å²) in [6.07, 6.45) is 0.734. The van der Waals surface area contributed by atoms with E-state index in [-0.39, 0.29) is 11.9 Å². The average molecular weight is 349 g/mol. The lowest BCUT2D eigenvalue weighted by Gasteiger charge is -2.14. The number of rotatable bonds is 4. The van der Waals surface area contributed by atoms with Gasteiger partial charge < -0.3 is 5.32 Å². The van der Waals surface area contributed by atoms with Gasteiger partial charge in [-0.15, -0.1) is 11.3 Å². The fraction of sp³-hybridized carbons (Fsp3) is 0.231. The highest BCUT2D eigenvalue weighted by atomic mass is 79.9. The van der Waals surface area contributed by atoms with Gasteiger partial charge in [0, 0.05) is 10.9 Å². The van der Waals surface area contributed by atoms with Crippen LogP contribution in [-0.4, -0.2) is 7.05 Å². The molecule has 1 nitrogen and oxygen atoms in total.